The Kier molecular flexibility index (Phi) is 9.49. The highest BCUT2D eigenvalue weighted by atomic mass is 16.5. The molecule has 0 N–H and O–H groups in total. The lowest BCUT2D eigenvalue weighted by molar-refractivity contribution is -0.148. The van der Waals surface area contributed by atoms with Crippen molar-refractivity contribution in [1.82, 2.24) is 4.90 Å². The smallest absolute Gasteiger partial charge is 0.325 e. The van der Waals surface area contributed by atoms with Gasteiger partial charge in [-0.25, -0.2) is 0 Å². The van der Waals surface area contributed by atoms with Crippen LogP contribution in [-0.2, 0) is 14.3 Å². The Morgan fingerprint density at radius 1 is 1.06 bits per heavy atom. The zero-order valence-corrected chi connectivity index (χ0v) is 11.3. The van der Waals surface area contributed by atoms with Crippen molar-refractivity contribution in [3.63, 3.8) is 0 Å². The fourth-order valence-electron chi connectivity index (χ4n) is 1.56. The van der Waals surface area contributed by atoms with Crippen molar-refractivity contribution in [1.29, 1.82) is 0 Å². The van der Waals surface area contributed by atoms with Crippen LogP contribution in [0.4, 0.5) is 0 Å². The molecule has 0 bridgehead atoms. The summed E-state index contributed by atoms with van der Waals surface area (Å²) in [6.45, 7) is 4.34. The summed E-state index contributed by atoms with van der Waals surface area (Å²) in [5.41, 5.74) is 0. The quantitative estimate of drug-likeness (QED) is 0.461. The van der Waals surface area contributed by atoms with Gasteiger partial charge in [-0.1, -0.05) is 32.6 Å². The normalized spacial score (nSPS) is 10.1. The summed E-state index contributed by atoms with van der Waals surface area (Å²) >= 11 is 0. The van der Waals surface area contributed by atoms with E-state index in [1.165, 1.54) is 24.2 Å². The highest BCUT2D eigenvalue weighted by molar-refractivity contribution is 5.81. The molecule has 4 heteroatoms. The van der Waals surface area contributed by atoms with Crippen LogP contribution in [0.15, 0.2) is 0 Å². The van der Waals surface area contributed by atoms with Crippen LogP contribution in [0.2, 0.25) is 0 Å². The molecule has 4 nitrogen and oxygen atoms in total. The maximum absolute atomic E-state index is 11.6. The van der Waals surface area contributed by atoms with E-state index in [0.717, 1.165) is 12.8 Å². The number of ether oxygens (including phenoxy) is 1. The summed E-state index contributed by atoms with van der Waals surface area (Å²) < 4.78 is 4.79. The minimum Gasteiger partial charge on any atom is -0.465 e. The molecule has 0 rings (SSSR count). The highest BCUT2D eigenvalue weighted by Gasteiger charge is 2.12. The molecule has 0 unspecified atom stereocenters. The Balaban J connectivity index is 3.63. The van der Waals surface area contributed by atoms with Crippen molar-refractivity contribution in [2.24, 2.45) is 0 Å². The van der Waals surface area contributed by atoms with Crippen LogP contribution in [-0.4, -0.2) is 37.0 Å². The molecule has 0 saturated carbocycles. The second-order valence-electron chi connectivity index (χ2n) is 4.22. The van der Waals surface area contributed by atoms with E-state index >= 15 is 0 Å². The third kappa shape index (κ3) is 8.72. The van der Waals surface area contributed by atoms with Crippen LogP contribution in [0, 0.1) is 0 Å². The van der Waals surface area contributed by atoms with Crippen LogP contribution < -0.4 is 0 Å². The summed E-state index contributed by atoms with van der Waals surface area (Å²) in [6.07, 6.45) is 6.15. The van der Waals surface area contributed by atoms with E-state index in [1.807, 2.05) is 0 Å². The number of carbonyl (C=O) groups excluding carboxylic acids is 2. The molecule has 0 aromatic carbocycles. The van der Waals surface area contributed by atoms with Crippen molar-refractivity contribution >= 4 is 11.9 Å². The molecule has 0 aromatic rings. The van der Waals surface area contributed by atoms with Gasteiger partial charge in [-0.3, -0.25) is 9.59 Å². The molecule has 0 aliphatic rings. The lowest BCUT2D eigenvalue weighted by atomic mass is 10.1. The van der Waals surface area contributed by atoms with Gasteiger partial charge in [0.2, 0.25) is 5.91 Å². The van der Waals surface area contributed by atoms with E-state index in [-0.39, 0.29) is 18.4 Å². The molecule has 17 heavy (non-hydrogen) atoms. The Morgan fingerprint density at radius 3 is 2.29 bits per heavy atom. The Bertz CT molecular complexity index is 229. The minimum absolute atomic E-state index is 0.0227. The number of likely N-dealkylation sites (N-methyl/N-ethyl adjacent to an activating group) is 1. The number of unbranched alkanes of at least 4 members (excludes halogenated alkanes) is 4. The van der Waals surface area contributed by atoms with Gasteiger partial charge in [0.25, 0.3) is 0 Å². The number of nitrogens with zero attached hydrogens (tertiary/aromatic N) is 1. The first-order chi connectivity index (χ1) is 8.11. The molecule has 100 valence electrons. The predicted molar refractivity (Wildman–Crippen MR) is 67.6 cm³/mol. The molecule has 1 amide bonds. The van der Waals surface area contributed by atoms with Gasteiger partial charge in [-0.15, -0.1) is 0 Å². The third-order valence-electron chi connectivity index (χ3n) is 2.59. The fourth-order valence-corrected chi connectivity index (χ4v) is 1.56. The minimum atomic E-state index is -0.339. The molecular formula is C13H25NO3. The second-order valence-corrected chi connectivity index (χ2v) is 4.22. The number of hydrogen-bond acceptors (Lipinski definition) is 3. The van der Waals surface area contributed by atoms with Crippen molar-refractivity contribution in [2.45, 2.75) is 52.4 Å². The summed E-state index contributed by atoms with van der Waals surface area (Å²) in [5.74, 6) is -0.316. The average Bonchev–Trinajstić information content (AvgIpc) is 2.28. The number of esters is 1. The highest BCUT2D eigenvalue weighted by Crippen LogP contribution is 2.06. The lowest BCUT2D eigenvalue weighted by Crippen LogP contribution is -2.32. The van der Waals surface area contributed by atoms with E-state index in [9.17, 15) is 9.59 Å². The van der Waals surface area contributed by atoms with Gasteiger partial charge >= 0.3 is 5.97 Å². The summed E-state index contributed by atoms with van der Waals surface area (Å²) in [5, 5.41) is 0. The first kappa shape index (κ1) is 15.9. The van der Waals surface area contributed by atoms with Gasteiger partial charge in [0, 0.05) is 13.5 Å². The third-order valence-corrected chi connectivity index (χ3v) is 2.59. The zero-order valence-electron chi connectivity index (χ0n) is 11.3. The van der Waals surface area contributed by atoms with E-state index < -0.39 is 0 Å². The van der Waals surface area contributed by atoms with Crippen molar-refractivity contribution in [2.75, 3.05) is 20.2 Å². The lowest BCUT2D eigenvalue weighted by Gasteiger charge is -2.15. The topological polar surface area (TPSA) is 46.6 Å². The largest absolute Gasteiger partial charge is 0.465 e. The molecule has 0 radical (unpaired) electrons. The maximum Gasteiger partial charge on any atom is 0.325 e. The molecule has 0 heterocycles. The molecule has 0 aliphatic heterocycles. The standard InChI is InChI=1S/C13H25NO3/c1-4-6-7-8-9-10-12(15)14(3)11-13(16)17-5-2/h4-11H2,1-3H3. The second kappa shape index (κ2) is 10.1. The molecule has 0 fully saturated rings. The Morgan fingerprint density at radius 2 is 1.71 bits per heavy atom. The Labute approximate surface area is 104 Å². The number of amides is 1. The molecular weight excluding hydrogens is 218 g/mol. The van der Waals surface area contributed by atoms with Gasteiger partial charge in [0.15, 0.2) is 0 Å². The predicted octanol–water partition coefficient (Wildman–Crippen LogP) is 2.37. The van der Waals surface area contributed by atoms with Crippen LogP contribution in [0.3, 0.4) is 0 Å². The molecule has 0 saturated heterocycles. The van der Waals surface area contributed by atoms with Crippen molar-refractivity contribution in [3.8, 4) is 0 Å². The van der Waals surface area contributed by atoms with Crippen molar-refractivity contribution < 1.29 is 14.3 Å². The summed E-state index contributed by atoms with van der Waals surface area (Å²) in [4.78, 5) is 24.2. The summed E-state index contributed by atoms with van der Waals surface area (Å²) in [6, 6.07) is 0. The van der Waals surface area contributed by atoms with Crippen molar-refractivity contribution in [3.05, 3.63) is 0 Å². The van der Waals surface area contributed by atoms with E-state index in [1.54, 1.807) is 14.0 Å². The van der Waals surface area contributed by atoms with Gasteiger partial charge < -0.3 is 9.64 Å². The average molecular weight is 243 g/mol. The maximum atomic E-state index is 11.6. The van der Waals surface area contributed by atoms with Gasteiger partial charge in [0.1, 0.15) is 6.54 Å². The SMILES string of the molecule is CCCCCCCC(=O)N(C)CC(=O)OCC. The Hall–Kier alpha value is -1.06. The van der Waals surface area contributed by atoms with Crippen LogP contribution >= 0.6 is 0 Å². The van der Waals surface area contributed by atoms with E-state index in [2.05, 4.69) is 6.92 Å². The monoisotopic (exact) mass is 243 g/mol. The first-order valence-corrected chi connectivity index (χ1v) is 6.51. The fraction of sp³-hybridized carbons (Fsp3) is 0.846. The van der Waals surface area contributed by atoms with E-state index in [4.69, 9.17) is 4.74 Å². The first-order valence-electron chi connectivity index (χ1n) is 6.51. The molecule has 0 spiro atoms. The van der Waals surface area contributed by atoms with Gasteiger partial charge in [0.05, 0.1) is 6.61 Å². The van der Waals surface area contributed by atoms with Crippen LogP contribution in [0.25, 0.3) is 0 Å². The summed E-state index contributed by atoms with van der Waals surface area (Å²) in [7, 11) is 1.64. The molecule has 0 aromatic heterocycles. The number of hydrogen-bond donors (Lipinski definition) is 0. The van der Waals surface area contributed by atoms with Crippen LogP contribution in [0.5, 0.6) is 0 Å². The zero-order chi connectivity index (χ0) is 13.1. The van der Waals surface area contributed by atoms with Gasteiger partial charge in [-0.05, 0) is 13.3 Å². The van der Waals surface area contributed by atoms with Crippen LogP contribution in [0.1, 0.15) is 52.4 Å². The molecule has 0 atom stereocenters. The molecule has 0 aliphatic carbocycles. The van der Waals surface area contributed by atoms with Gasteiger partial charge in [-0.2, -0.15) is 0 Å². The van der Waals surface area contributed by atoms with E-state index in [0.29, 0.717) is 13.0 Å². The number of rotatable bonds is 9. The number of carbonyl (C=O) groups is 2.